The van der Waals surface area contributed by atoms with E-state index in [0.717, 1.165) is 16.0 Å². The van der Waals surface area contributed by atoms with Gasteiger partial charge in [-0.1, -0.05) is 52.7 Å². The third kappa shape index (κ3) is 2.68. The zero-order chi connectivity index (χ0) is 17.6. The second kappa shape index (κ2) is 5.97. The number of anilines is 1. The van der Waals surface area contributed by atoms with Crippen LogP contribution in [0.5, 0.6) is 0 Å². The Bertz CT molecular complexity index is 881. The van der Waals surface area contributed by atoms with E-state index in [1.807, 2.05) is 31.2 Å². The summed E-state index contributed by atoms with van der Waals surface area (Å²) in [6, 6.07) is 13.1. The van der Waals surface area contributed by atoms with Gasteiger partial charge in [0.05, 0.1) is 12.2 Å². The highest BCUT2D eigenvalue weighted by molar-refractivity contribution is 6.31. The largest absolute Gasteiger partial charge is 0.271 e. The lowest BCUT2D eigenvalue weighted by Gasteiger charge is -2.20. The van der Waals surface area contributed by atoms with Crippen molar-refractivity contribution < 1.29 is 9.59 Å². The van der Waals surface area contributed by atoms with E-state index in [0.29, 0.717) is 17.3 Å². The van der Waals surface area contributed by atoms with Gasteiger partial charge in [-0.05, 0) is 30.7 Å². The number of hydrogen-bond donors (Lipinski definition) is 0. The molecule has 0 saturated carbocycles. The number of nitrogens with zero attached hydrogens (tertiary/aromatic N) is 4. The van der Waals surface area contributed by atoms with Crippen LogP contribution < -0.4 is 4.90 Å². The number of benzene rings is 2. The van der Waals surface area contributed by atoms with Crippen molar-refractivity contribution in [3.8, 4) is 0 Å². The molecule has 0 N–H and O–H groups in total. The van der Waals surface area contributed by atoms with Crippen molar-refractivity contribution in [2.75, 3.05) is 4.90 Å². The number of halogens is 1. The molecule has 2 atom stereocenters. The predicted molar refractivity (Wildman–Crippen MR) is 93.1 cm³/mol. The molecule has 0 bridgehead atoms. The Labute approximate surface area is 149 Å². The number of hydrogen-bond acceptors (Lipinski definition) is 5. The van der Waals surface area contributed by atoms with Gasteiger partial charge in [0.15, 0.2) is 12.1 Å². The number of fused-ring (bicyclic) bond motifs is 1. The third-order valence-electron chi connectivity index (χ3n) is 4.39. The van der Waals surface area contributed by atoms with Gasteiger partial charge in [-0.3, -0.25) is 14.6 Å². The standard InChI is InChI=1S/C18H15ClN4O2/c1-11-5-7-12(8-6-11)10-22-16-15(20-21-22)17(24)23(18(16)25)14-4-2-3-13(19)9-14/h2-9,15-16H,10H2,1H3/t15-,16-/m1/s1. The number of carbonyl (C=O) groups is 2. The van der Waals surface area contributed by atoms with Gasteiger partial charge in [0.1, 0.15) is 0 Å². The van der Waals surface area contributed by atoms with Gasteiger partial charge in [-0.25, -0.2) is 4.90 Å². The van der Waals surface area contributed by atoms with Crippen LogP contribution in [0.1, 0.15) is 11.1 Å². The summed E-state index contributed by atoms with van der Waals surface area (Å²) in [6.45, 7) is 2.44. The van der Waals surface area contributed by atoms with Gasteiger partial charge in [-0.2, -0.15) is 5.11 Å². The Kier molecular flexibility index (Phi) is 3.77. The molecule has 0 aliphatic carbocycles. The van der Waals surface area contributed by atoms with Crippen LogP contribution in [0.15, 0.2) is 58.9 Å². The van der Waals surface area contributed by atoms with E-state index in [9.17, 15) is 9.59 Å². The van der Waals surface area contributed by atoms with Crippen LogP contribution in [0.4, 0.5) is 5.69 Å². The highest BCUT2D eigenvalue weighted by Gasteiger charge is 2.54. The van der Waals surface area contributed by atoms with Crippen LogP contribution >= 0.6 is 11.6 Å². The third-order valence-corrected chi connectivity index (χ3v) is 4.62. The second-order valence-electron chi connectivity index (χ2n) is 6.17. The van der Waals surface area contributed by atoms with Crippen molar-refractivity contribution in [1.29, 1.82) is 0 Å². The average Bonchev–Trinajstić information content (AvgIpc) is 3.10. The summed E-state index contributed by atoms with van der Waals surface area (Å²) in [5, 5.41) is 10.1. The van der Waals surface area contributed by atoms with Gasteiger partial charge < -0.3 is 0 Å². The van der Waals surface area contributed by atoms with E-state index in [4.69, 9.17) is 11.6 Å². The van der Waals surface area contributed by atoms with E-state index < -0.39 is 12.1 Å². The lowest BCUT2D eigenvalue weighted by Crippen LogP contribution is -2.39. The summed E-state index contributed by atoms with van der Waals surface area (Å²) in [6.07, 6.45) is 0. The number of rotatable bonds is 3. The Morgan fingerprint density at radius 2 is 1.84 bits per heavy atom. The van der Waals surface area contributed by atoms with Crippen molar-refractivity contribution in [1.82, 2.24) is 5.01 Å². The topological polar surface area (TPSA) is 65.3 Å². The zero-order valence-corrected chi connectivity index (χ0v) is 14.2. The summed E-state index contributed by atoms with van der Waals surface area (Å²) < 4.78 is 0. The maximum atomic E-state index is 12.9. The fraction of sp³-hybridized carbons (Fsp3) is 0.222. The van der Waals surface area contributed by atoms with Crippen molar-refractivity contribution in [2.24, 2.45) is 10.3 Å². The first-order valence-corrected chi connectivity index (χ1v) is 8.29. The monoisotopic (exact) mass is 354 g/mol. The molecule has 25 heavy (non-hydrogen) atoms. The van der Waals surface area contributed by atoms with E-state index in [1.165, 1.54) is 0 Å². The maximum absolute atomic E-state index is 12.9. The summed E-state index contributed by atoms with van der Waals surface area (Å²) in [4.78, 5) is 26.7. The molecule has 0 spiro atoms. The quantitative estimate of drug-likeness (QED) is 0.795. The zero-order valence-electron chi connectivity index (χ0n) is 13.5. The van der Waals surface area contributed by atoms with Crippen LogP contribution in [0, 0.1) is 6.92 Å². The van der Waals surface area contributed by atoms with Gasteiger partial charge in [-0.15, -0.1) is 0 Å². The average molecular weight is 355 g/mol. The first-order chi connectivity index (χ1) is 12.0. The molecule has 2 heterocycles. The number of imide groups is 1. The van der Waals surface area contributed by atoms with Crippen molar-refractivity contribution in [2.45, 2.75) is 25.6 Å². The molecule has 126 valence electrons. The highest BCUT2D eigenvalue weighted by atomic mass is 35.5. The minimum absolute atomic E-state index is 0.325. The van der Waals surface area contributed by atoms with Crippen LogP contribution in [0.2, 0.25) is 5.02 Å². The lowest BCUT2D eigenvalue weighted by atomic mass is 10.1. The molecule has 7 heteroatoms. The lowest BCUT2D eigenvalue weighted by molar-refractivity contribution is -0.123. The fourth-order valence-corrected chi connectivity index (χ4v) is 3.29. The number of carbonyl (C=O) groups excluding carboxylic acids is 2. The molecule has 2 aliphatic heterocycles. The molecule has 2 amide bonds. The normalized spacial score (nSPS) is 22.0. The highest BCUT2D eigenvalue weighted by Crippen LogP contribution is 2.33. The Morgan fingerprint density at radius 1 is 1.08 bits per heavy atom. The summed E-state index contributed by atoms with van der Waals surface area (Å²) >= 11 is 5.99. The van der Waals surface area contributed by atoms with E-state index in [2.05, 4.69) is 10.3 Å². The molecular formula is C18H15ClN4O2. The predicted octanol–water partition coefficient (Wildman–Crippen LogP) is 3.14. The molecule has 2 aromatic rings. The van der Waals surface area contributed by atoms with Gasteiger partial charge in [0.2, 0.25) is 0 Å². The van der Waals surface area contributed by atoms with Gasteiger partial charge in [0.25, 0.3) is 11.8 Å². The number of amides is 2. The molecular weight excluding hydrogens is 340 g/mol. The second-order valence-corrected chi connectivity index (χ2v) is 6.61. The summed E-state index contributed by atoms with van der Waals surface area (Å²) in [5.41, 5.74) is 2.62. The first kappa shape index (κ1) is 15.8. The van der Waals surface area contributed by atoms with Crippen LogP contribution in [-0.4, -0.2) is 28.9 Å². The molecule has 0 aromatic heterocycles. The number of aryl methyl sites for hydroxylation is 1. The first-order valence-electron chi connectivity index (χ1n) is 7.91. The SMILES string of the molecule is Cc1ccc(CN2N=N[C@H]3C(=O)N(c4cccc(Cl)c4)C(=O)[C@@H]32)cc1. The van der Waals surface area contributed by atoms with Crippen LogP contribution in [0.3, 0.4) is 0 Å². The summed E-state index contributed by atoms with van der Waals surface area (Å²) in [5.74, 6) is -0.693. The molecule has 1 saturated heterocycles. The fourth-order valence-electron chi connectivity index (χ4n) is 3.10. The van der Waals surface area contributed by atoms with E-state index in [1.54, 1.807) is 29.3 Å². The molecule has 6 nitrogen and oxygen atoms in total. The molecule has 0 unspecified atom stereocenters. The molecule has 2 aromatic carbocycles. The van der Waals surface area contributed by atoms with Crippen LogP contribution in [0.25, 0.3) is 0 Å². The molecule has 0 radical (unpaired) electrons. The Morgan fingerprint density at radius 3 is 2.56 bits per heavy atom. The Balaban J connectivity index is 1.60. The van der Waals surface area contributed by atoms with Gasteiger partial charge in [0, 0.05) is 5.02 Å². The molecule has 4 rings (SSSR count). The summed E-state index contributed by atoms with van der Waals surface area (Å²) in [7, 11) is 0. The van der Waals surface area contributed by atoms with E-state index >= 15 is 0 Å². The van der Waals surface area contributed by atoms with Crippen molar-refractivity contribution >= 4 is 29.1 Å². The maximum Gasteiger partial charge on any atom is 0.263 e. The minimum Gasteiger partial charge on any atom is -0.271 e. The van der Waals surface area contributed by atoms with E-state index in [-0.39, 0.29) is 11.8 Å². The van der Waals surface area contributed by atoms with Crippen molar-refractivity contribution in [3.63, 3.8) is 0 Å². The Hall–Kier alpha value is -2.73. The molecule has 1 fully saturated rings. The minimum atomic E-state index is -0.795. The van der Waals surface area contributed by atoms with Gasteiger partial charge >= 0.3 is 0 Å². The smallest absolute Gasteiger partial charge is 0.263 e. The molecule has 2 aliphatic rings. The van der Waals surface area contributed by atoms with Crippen LogP contribution in [-0.2, 0) is 16.1 Å². The van der Waals surface area contributed by atoms with Crippen molar-refractivity contribution in [3.05, 3.63) is 64.7 Å².